The lowest BCUT2D eigenvalue weighted by Gasteiger charge is -2.41. The molecule has 2 aromatic rings. The van der Waals surface area contributed by atoms with Crippen molar-refractivity contribution >= 4 is 52.3 Å². The Morgan fingerprint density at radius 1 is 0.978 bits per heavy atom. The molecule has 3 fully saturated rings. The minimum Gasteiger partial charge on any atom is -0.436 e. The van der Waals surface area contributed by atoms with Crippen LogP contribution in [0.2, 0.25) is 5.02 Å². The van der Waals surface area contributed by atoms with E-state index in [4.69, 9.17) is 22.1 Å². The summed E-state index contributed by atoms with van der Waals surface area (Å²) in [5.74, 6) is -0.153. The lowest BCUT2D eigenvalue weighted by Crippen LogP contribution is -2.53. The molecular formula is C34H47ClN6O4S. The molecule has 3 N–H and O–H groups in total. The summed E-state index contributed by atoms with van der Waals surface area (Å²) >= 11 is 8.07. The Hall–Kier alpha value is -3.02. The summed E-state index contributed by atoms with van der Waals surface area (Å²) < 4.78 is 6.07. The van der Waals surface area contributed by atoms with E-state index >= 15 is 0 Å². The molecule has 1 atom stereocenters. The molecule has 4 amide bonds. The highest BCUT2D eigenvalue weighted by Gasteiger charge is 2.36. The zero-order chi connectivity index (χ0) is 32.2. The molecule has 0 saturated carbocycles. The molecule has 1 aromatic carbocycles. The molecule has 0 unspecified atom stereocenters. The first-order chi connectivity index (χ1) is 22.3. The summed E-state index contributed by atoms with van der Waals surface area (Å²) in [4.78, 5) is 48.6. The second-order valence-corrected chi connectivity index (χ2v) is 14.3. The molecule has 1 aromatic heterocycles. The molecule has 0 aliphatic carbocycles. The number of nitrogen functional groups attached to an aromatic ring is 1. The Morgan fingerprint density at radius 3 is 2.39 bits per heavy atom. The van der Waals surface area contributed by atoms with Gasteiger partial charge in [-0.25, -0.2) is 9.59 Å². The zero-order valence-corrected chi connectivity index (χ0v) is 28.4. The highest BCUT2D eigenvalue weighted by molar-refractivity contribution is 7.08. The van der Waals surface area contributed by atoms with Crippen molar-refractivity contribution in [2.45, 2.75) is 89.3 Å². The van der Waals surface area contributed by atoms with Crippen LogP contribution in [0.15, 0.2) is 22.9 Å². The van der Waals surface area contributed by atoms with Gasteiger partial charge in [0.2, 0.25) is 0 Å². The van der Waals surface area contributed by atoms with Gasteiger partial charge in [-0.1, -0.05) is 31.0 Å². The van der Waals surface area contributed by atoms with Gasteiger partial charge in [-0.15, -0.1) is 11.3 Å². The highest BCUT2D eigenvalue weighted by Crippen LogP contribution is 2.30. The third-order valence-electron chi connectivity index (χ3n) is 10.3. The number of nitrogens with one attached hydrogen (secondary N) is 1. The van der Waals surface area contributed by atoms with Gasteiger partial charge in [0.25, 0.3) is 5.91 Å². The van der Waals surface area contributed by atoms with Gasteiger partial charge in [-0.2, -0.15) is 0 Å². The van der Waals surface area contributed by atoms with E-state index < -0.39 is 12.2 Å². The predicted molar refractivity (Wildman–Crippen MR) is 183 cm³/mol. The van der Waals surface area contributed by atoms with Crippen LogP contribution in [0.5, 0.6) is 0 Å². The number of carbonyl (C=O) groups is 3. The Kier molecular flexibility index (Phi) is 10.6. The number of hydrogen-bond donors (Lipinski definition) is 2. The van der Waals surface area contributed by atoms with Gasteiger partial charge in [-0.05, 0) is 92.6 Å². The predicted octanol–water partition coefficient (Wildman–Crippen LogP) is 5.63. The average Bonchev–Trinajstić information content (AvgIpc) is 3.46. The fraction of sp³-hybridized carbons (Fsp3) is 0.618. The monoisotopic (exact) mass is 670 g/mol. The maximum Gasteiger partial charge on any atom is 0.410 e. The molecule has 4 aliphatic heterocycles. The van der Waals surface area contributed by atoms with E-state index in [0.717, 1.165) is 49.2 Å². The lowest BCUT2D eigenvalue weighted by molar-refractivity contribution is -0.142. The Balaban J connectivity index is 1.10. The van der Waals surface area contributed by atoms with Crippen molar-refractivity contribution in [1.82, 2.24) is 19.6 Å². The smallest absolute Gasteiger partial charge is 0.410 e. The summed E-state index contributed by atoms with van der Waals surface area (Å²) in [5.41, 5.74) is 10.5. The van der Waals surface area contributed by atoms with Crippen molar-refractivity contribution in [2.75, 3.05) is 56.9 Å². The standard InChI is InChI=1S/C34H47ClN6O4S/c1-2-24-18-23(19-28(35)31(24)36)20-30(32(42)39-13-7-26(8-14-39)38-11-4-3-5-12-38)45-34(44)40-15-9-27(10-16-40)41-17-6-25-21-46-22-29(25)37-33(41)43/h18-19,21-22,26-27,30H,2-17,20,36H2,1H3,(H,37,43)/t30-/m1/s1. The summed E-state index contributed by atoms with van der Waals surface area (Å²) in [6, 6.07) is 4.21. The van der Waals surface area contributed by atoms with Crippen LogP contribution < -0.4 is 11.1 Å². The molecular weight excluding hydrogens is 624 g/mol. The van der Waals surface area contributed by atoms with Crippen LogP contribution in [0.4, 0.5) is 21.0 Å². The van der Waals surface area contributed by atoms with Crippen LogP contribution in [-0.4, -0.2) is 102 Å². The maximum atomic E-state index is 14.0. The normalized spacial score (nSPS) is 21.0. The van der Waals surface area contributed by atoms with Gasteiger partial charge in [0.1, 0.15) is 0 Å². The number of likely N-dealkylation sites (tertiary alicyclic amines) is 3. The molecule has 10 nitrogen and oxygen atoms in total. The number of carbonyl (C=O) groups excluding carboxylic acids is 3. The number of thiophene rings is 1. The average molecular weight is 671 g/mol. The van der Waals surface area contributed by atoms with E-state index in [2.05, 4.69) is 15.6 Å². The van der Waals surface area contributed by atoms with Gasteiger partial charge in [-0.3, -0.25) is 4.79 Å². The van der Waals surface area contributed by atoms with E-state index in [1.165, 1.54) is 24.8 Å². The maximum absolute atomic E-state index is 14.0. The second-order valence-electron chi connectivity index (χ2n) is 13.1. The largest absolute Gasteiger partial charge is 0.436 e. The van der Waals surface area contributed by atoms with E-state index in [9.17, 15) is 14.4 Å². The SMILES string of the molecule is CCc1cc(C[C@@H](OC(=O)N2CCC(N3CCc4cscc4NC3=O)CC2)C(=O)N2CCC(N3CCCCC3)CC2)cc(Cl)c1N. The van der Waals surface area contributed by atoms with Crippen molar-refractivity contribution in [3.63, 3.8) is 0 Å². The minimum atomic E-state index is -0.962. The number of piperidine rings is 3. The van der Waals surface area contributed by atoms with E-state index in [-0.39, 0.29) is 24.4 Å². The number of hydrogen-bond acceptors (Lipinski definition) is 7. The lowest BCUT2D eigenvalue weighted by atomic mass is 9.98. The molecule has 0 bridgehead atoms. The quantitative estimate of drug-likeness (QED) is 0.370. The first kappa shape index (κ1) is 32.9. The third kappa shape index (κ3) is 7.42. The van der Waals surface area contributed by atoms with Crippen LogP contribution in [0.3, 0.4) is 0 Å². The number of aryl methyl sites for hydroxylation is 1. The molecule has 12 heteroatoms. The zero-order valence-electron chi connectivity index (χ0n) is 26.8. The van der Waals surface area contributed by atoms with Crippen LogP contribution in [0.1, 0.15) is 68.6 Å². The van der Waals surface area contributed by atoms with Gasteiger partial charge in [0.15, 0.2) is 6.10 Å². The molecule has 0 radical (unpaired) electrons. The van der Waals surface area contributed by atoms with Crippen LogP contribution in [0, 0.1) is 0 Å². The first-order valence-electron chi connectivity index (χ1n) is 17.0. The van der Waals surface area contributed by atoms with E-state index in [1.54, 1.807) is 22.3 Å². The number of benzene rings is 1. The number of nitrogens with two attached hydrogens (primary N) is 1. The van der Waals surface area contributed by atoms with E-state index in [0.29, 0.717) is 68.7 Å². The van der Waals surface area contributed by atoms with Crippen molar-refractivity contribution in [1.29, 1.82) is 0 Å². The number of urea groups is 1. The number of amides is 4. The fourth-order valence-electron chi connectivity index (χ4n) is 7.54. The van der Waals surface area contributed by atoms with Crippen molar-refractivity contribution in [2.24, 2.45) is 0 Å². The topological polar surface area (TPSA) is 111 Å². The molecule has 250 valence electrons. The Morgan fingerprint density at radius 2 is 1.67 bits per heavy atom. The number of anilines is 2. The van der Waals surface area contributed by atoms with Gasteiger partial charge in [0, 0.05) is 56.6 Å². The number of nitrogens with zero attached hydrogens (tertiary/aromatic N) is 4. The highest BCUT2D eigenvalue weighted by atomic mass is 35.5. The van der Waals surface area contributed by atoms with Crippen molar-refractivity contribution < 1.29 is 19.1 Å². The number of halogens is 1. The molecule has 46 heavy (non-hydrogen) atoms. The van der Waals surface area contributed by atoms with Gasteiger partial charge < -0.3 is 35.4 Å². The summed E-state index contributed by atoms with van der Waals surface area (Å²) in [6.45, 7) is 7.20. The summed E-state index contributed by atoms with van der Waals surface area (Å²) in [5, 5.41) is 7.56. The minimum absolute atomic E-state index is 0.0414. The van der Waals surface area contributed by atoms with Crippen LogP contribution in [0.25, 0.3) is 0 Å². The molecule has 4 aliphatic rings. The molecule has 6 rings (SSSR count). The van der Waals surface area contributed by atoms with Crippen molar-refractivity contribution in [3.05, 3.63) is 44.6 Å². The van der Waals surface area contributed by atoms with Gasteiger partial charge >= 0.3 is 12.1 Å². The van der Waals surface area contributed by atoms with Crippen molar-refractivity contribution in [3.8, 4) is 0 Å². The first-order valence-corrected chi connectivity index (χ1v) is 18.3. The van der Waals surface area contributed by atoms with Gasteiger partial charge in [0.05, 0.1) is 16.4 Å². The number of fused-ring (bicyclic) bond motifs is 1. The summed E-state index contributed by atoms with van der Waals surface area (Å²) in [6.07, 6.45) is 7.30. The second kappa shape index (κ2) is 14.8. The molecule has 0 spiro atoms. The van der Waals surface area contributed by atoms with E-state index in [1.807, 2.05) is 28.2 Å². The molecule has 5 heterocycles. The molecule has 3 saturated heterocycles. The summed E-state index contributed by atoms with van der Waals surface area (Å²) in [7, 11) is 0. The third-order valence-corrected chi connectivity index (χ3v) is 11.4. The van der Waals surface area contributed by atoms with Crippen LogP contribution >= 0.6 is 22.9 Å². The Labute approximate surface area is 281 Å². The Bertz CT molecular complexity index is 1400. The number of ether oxygens (including phenoxy) is 1. The fourth-order valence-corrected chi connectivity index (χ4v) is 8.63. The van der Waals surface area contributed by atoms with Crippen LogP contribution in [-0.2, 0) is 28.8 Å². The number of rotatable bonds is 7.